The molecule has 0 saturated carbocycles. The first-order valence-corrected chi connectivity index (χ1v) is 11.1. The van der Waals surface area contributed by atoms with Gasteiger partial charge in [-0.15, -0.1) is 0 Å². The Morgan fingerprint density at radius 2 is 1.76 bits per heavy atom. The fraction of sp³-hybridized carbons (Fsp3) is 0.400. The van der Waals surface area contributed by atoms with E-state index in [9.17, 15) is 9.90 Å². The number of ether oxygens (including phenoxy) is 2. The van der Waals surface area contributed by atoms with Crippen LogP contribution in [0.25, 0.3) is 22.8 Å². The van der Waals surface area contributed by atoms with Gasteiger partial charge in [0.2, 0.25) is 11.7 Å². The molecule has 0 spiro atoms. The second-order valence-corrected chi connectivity index (χ2v) is 8.44. The Morgan fingerprint density at radius 3 is 2.38 bits per heavy atom. The maximum Gasteiger partial charge on any atom is 0.258 e. The third-order valence-corrected chi connectivity index (χ3v) is 5.03. The summed E-state index contributed by atoms with van der Waals surface area (Å²) in [6.07, 6.45) is -0.817. The van der Waals surface area contributed by atoms with E-state index in [1.54, 1.807) is 0 Å². The van der Waals surface area contributed by atoms with Crippen molar-refractivity contribution < 1.29 is 29.0 Å². The van der Waals surface area contributed by atoms with Crippen LogP contribution in [0.1, 0.15) is 30.5 Å². The van der Waals surface area contributed by atoms with E-state index < -0.39 is 18.6 Å². The first kappa shape index (κ1) is 25.2. The van der Waals surface area contributed by atoms with Gasteiger partial charge >= 0.3 is 0 Å². The molecule has 34 heavy (non-hydrogen) atoms. The summed E-state index contributed by atoms with van der Waals surface area (Å²) in [6, 6.07) is 9.53. The summed E-state index contributed by atoms with van der Waals surface area (Å²) in [5, 5.41) is 25.3. The van der Waals surface area contributed by atoms with Crippen molar-refractivity contribution in [2.75, 3.05) is 19.8 Å². The van der Waals surface area contributed by atoms with Crippen LogP contribution in [0, 0.1) is 20.8 Å². The summed E-state index contributed by atoms with van der Waals surface area (Å²) in [7, 11) is 0. The Kier molecular flexibility index (Phi) is 8.25. The SMILES string of the molecule is Cc1cc(-c2nc(-c3cc(C)c(OCC(O)CNC(=O)CO)c(C)c3)no2)ccc1OC(C)C. The zero-order valence-electron chi connectivity index (χ0n) is 20.1. The molecule has 0 aliphatic carbocycles. The van der Waals surface area contributed by atoms with Crippen molar-refractivity contribution in [2.45, 2.75) is 46.8 Å². The van der Waals surface area contributed by atoms with Gasteiger partial charge in [-0.2, -0.15) is 4.98 Å². The van der Waals surface area contributed by atoms with Gasteiger partial charge < -0.3 is 29.5 Å². The molecule has 3 N–H and O–H groups in total. The molecular formula is C25H31N3O6. The van der Waals surface area contributed by atoms with E-state index in [-0.39, 0.29) is 19.3 Å². The van der Waals surface area contributed by atoms with Gasteiger partial charge in [-0.05, 0) is 81.6 Å². The van der Waals surface area contributed by atoms with Crippen LogP contribution in [0.2, 0.25) is 0 Å². The molecule has 182 valence electrons. The van der Waals surface area contributed by atoms with Crippen LogP contribution in [0.15, 0.2) is 34.9 Å². The van der Waals surface area contributed by atoms with E-state index in [4.69, 9.17) is 19.1 Å². The minimum Gasteiger partial charge on any atom is -0.491 e. The lowest BCUT2D eigenvalue weighted by Crippen LogP contribution is -2.36. The van der Waals surface area contributed by atoms with Crippen molar-refractivity contribution in [3.63, 3.8) is 0 Å². The minimum absolute atomic E-state index is 0.00500. The largest absolute Gasteiger partial charge is 0.491 e. The van der Waals surface area contributed by atoms with Crippen LogP contribution in [-0.4, -0.2) is 58.2 Å². The highest BCUT2D eigenvalue weighted by atomic mass is 16.5. The Balaban J connectivity index is 1.72. The van der Waals surface area contributed by atoms with Crippen LogP contribution in [-0.2, 0) is 4.79 Å². The summed E-state index contributed by atoms with van der Waals surface area (Å²) in [5.74, 6) is 1.78. The molecule has 1 atom stereocenters. The predicted molar refractivity (Wildman–Crippen MR) is 127 cm³/mol. The van der Waals surface area contributed by atoms with Crippen molar-refractivity contribution in [3.05, 3.63) is 47.0 Å². The standard InChI is InChI=1S/C25H31N3O6/c1-14(2)33-21-7-6-18(8-15(21)3)25-27-24(28-34-25)19-9-16(4)23(17(5)10-19)32-13-20(30)11-26-22(31)12-29/h6-10,14,20,29-30H,11-13H2,1-5H3,(H,26,31). The van der Waals surface area contributed by atoms with E-state index in [0.717, 1.165) is 33.6 Å². The van der Waals surface area contributed by atoms with E-state index in [0.29, 0.717) is 17.5 Å². The van der Waals surface area contributed by atoms with Gasteiger partial charge in [0, 0.05) is 17.7 Å². The maximum atomic E-state index is 11.1. The number of nitrogens with zero attached hydrogens (tertiary/aromatic N) is 2. The fourth-order valence-electron chi connectivity index (χ4n) is 3.46. The van der Waals surface area contributed by atoms with Crippen LogP contribution < -0.4 is 14.8 Å². The third-order valence-electron chi connectivity index (χ3n) is 5.03. The molecule has 1 unspecified atom stereocenters. The smallest absolute Gasteiger partial charge is 0.258 e. The van der Waals surface area contributed by atoms with Gasteiger partial charge in [0.05, 0.1) is 6.10 Å². The number of aromatic nitrogens is 2. The summed E-state index contributed by atoms with van der Waals surface area (Å²) in [6.45, 7) is 9.09. The molecule has 1 amide bonds. The van der Waals surface area contributed by atoms with Crippen LogP contribution >= 0.6 is 0 Å². The van der Waals surface area contributed by atoms with Crippen LogP contribution in [0.4, 0.5) is 0 Å². The molecule has 0 fully saturated rings. The molecule has 0 radical (unpaired) electrons. The van der Waals surface area contributed by atoms with Gasteiger partial charge in [0.1, 0.15) is 30.8 Å². The quantitative estimate of drug-likeness (QED) is 0.414. The van der Waals surface area contributed by atoms with Gasteiger partial charge in [-0.1, -0.05) is 5.16 Å². The van der Waals surface area contributed by atoms with Gasteiger partial charge in [0.25, 0.3) is 5.89 Å². The number of benzene rings is 2. The summed E-state index contributed by atoms with van der Waals surface area (Å²) >= 11 is 0. The number of carbonyl (C=O) groups is 1. The monoisotopic (exact) mass is 469 g/mol. The Hall–Kier alpha value is -3.43. The molecule has 0 aliphatic heterocycles. The lowest BCUT2D eigenvalue weighted by atomic mass is 10.1. The number of aliphatic hydroxyl groups is 2. The molecule has 9 nitrogen and oxygen atoms in total. The van der Waals surface area contributed by atoms with E-state index in [1.165, 1.54) is 0 Å². The maximum absolute atomic E-state index is 11.1. The average Bonchev–Trinajstić information content (AvgIpc) is 3.28. The Labute approximate surface area is 198 Å². The Morgan fingerprint density at radius 1 is 1.09 bits per heavy atom. The number of carbonyl (C=O) groups excluding carboxylic acids is 1. The lowest BCUT2D eigenvalue weighted by Gasteiger charge is -2.16. The predicted octanol–water partition coefficient (Wildman–Crippen LogP) is 2.96. The van der Waals surface area contributed by atoms with Crippen LogP contribution in [0.3, 0.4) is 0 Å². The normalized spacial score (nSPS) is 12.0. The molecule has 3 rings (SSSR count). The van der Waals surface area contributed by atoms with Gasteiger partial charge in [-0.25, -0.2) is 0 Å². The van der Waals surface area contributed by atoms with Crippen molar-refractivity contribution >= 4 is 5.91 Å². The Bertz CT molecular complexity index is 1120. The number of hydrogen-bond acceptors (Lipinski definition) is 8. The van der Waals surface area contributed by atoms with E-state index >= 15 is 0 Å². The number of amides is 1. The highest BCUT2D eigenvalue weighted by Crippen LogP contribution is 2.31. The summed E-state index contributed by atoms with van der Waals surface area (Å²) in [4.78, 5) is 15.7. The number of aryl methyl sites for hydroxylation is 3. The highest BCUT2D eigenvalue weighted by molar-refractivity contribution is 5.76. The molecular weight excluding hydrogens is 438 g/mol. The van der Waals surface area contributed by atoms with Crippen molar-refractivity contribution in [1.82, 2.24) is 15.5 Å². The number of hydrogen-bond donors (Lipinski definition) is 3. The third kappa shape index (κ3) is 6.33. The summed E-state index contributed by atoms with van der Waals surface area (Å²) in [5.41, 5.74) is 4.27. The van der Waals surface area contributed by atoms with Crippen molar-refractivity contribution in [3.8, 4) is 34.3 Å². The lowest BCUT2D eigenvalue weighted by molar-refractivity contribution is -0.124. The molecule has 9 heteroatoms. The molecule has 2 aromatic carbocycles. The van der Waals surface area contributed by atoms with Crippen molar-refractivity contribution in [2.24, 2.45) is 0 Å². The molecule has 1 heterocycles. The van der Waals surface area contributed by atoms with Crippen LogP contribution in [0.5, 0.6) is 11.5 Å². The molecule has 1 aromatic heterocycles. The second-order valence-electron chi connectivity index (χ2n) is 8.44. The van der Waals surface area contributed by atoms with Gasteiger partial charge in [-0.3, -0.25) is 4.79 Å². The topological polar surface area (TPSA) is 127 Å². The molecule has 0 bridgehead atoms. The average molecular weight is 470 g/mol. The van der Waals surface area contributed by atoms with Gasteiger partial charge in [0.15, 0.2) is 0 Å². The second kappa shape index (κ2) is 11.1. The minimum atomic E-state index is -0.908. The zero-order valence-corrected chi connectivity index (χ0v) is 20.1. The van der Waals surface area contributed by atoms with Crippen molar-refractivity contribution in [1.29, 1.82) is 0 Å². The molecule has 3 aromatic rings. The number of rotatable bonds is 10. The first-order valence-electron chi connectivity index (χ1n) is 11.1. The molecule has 0 saturated heterocycles. The zero-order chi connectivity index (χ0) is 24.8. The first-order chi connectivity index (χ1) is 16.2. The van der Waals surface area contributed by atoms with E-state index in [2.05, 4.69) is 15.5 Å². The number of nitrogens with one attached hydrogen (secondary N) is 1. The fourth-order valence-corrected chi connectivity index (χ4v) is 3.46. The summed E-state index contributed by atoms with van der Waals surface area (Å²) < 4.78 is 17.1. The highest BCUT2D eigenvalue weighted by Gasteiger charge is 2.16. The molecule has 0 aliphatic rings. The van der Waals surface area contributed by atoms with E-state index in [1.807, 2.05) is 65.0 Å². The number of aliphatic hydroxyl groups excluding tert-OH is 2.